The van der Waals surface area contributed by atoms with E-state index < -0.39 is 11.9 Å². The Hall–Kier alpha value is -0.900. The molecule has 0 aromatic carbocycles. The molecule has 2 atom stereocenters. The summed E-state index contributed by atoms with van der Waals surface area (Å²) in [4.78, 5) is 21.8. The van der Waals surface area contributed by atoms with Gasteiger partial charge in [-0.15, -0.1) is 0 Å². The predicted molar refractivity (Wildman–Crippen MR) is 50.0 cm³/mol. The van der Waals surface area contributed by atoms with Crippen LogP contribution in [-0.4, -0.2) is 29.6 Å². The Balaban J connectivity index is 2.56. The van der Waals surface area contributed by atoms with Crippen LogP contribution >= 0.6 is 0 Å². The van der Waals surface area contributed by atoms with Gasteiger partial charge in [0, 0.05) is 13.0 Å². The second kappa shape index (κ2) is 5.10. The van der Waals surface area contributed by atoms with Crippen molar-refractivity contribution in [2.75, 3.05) is 6.61 Å². The summed E-state index contributed by atoms with van der Waals surface area (Å²) in [6.45, 7) is 2.03. The van der Waals surface area contributed by atoms with Gasteiger partial charge in [0.1, 0.15) is 5.78 Å². The molecule has 0 aliphatic carbocycles. The number of ketones is 1. The molecule has 0 radical (unpaired) electrons. The van der Waals surface area contributed by atoms with Crippen molar-refractivity contribution in [1.82, 2.24) is 0 Å². The highest BCUT2D eigenvalue weighted by molar-refractivity contribution is 5.82. The zero-order chi connectivity index (χ0) is 10.6. The van der Waals surface area contributed by atoms with Crippen LogP contribution in [0.15, 0.2) is 0 Å². The molecule has 0 amide bonds. The molecule has 0 saturated carbocycles. The summed E-state index contributed by atoms with van der Waals surface area (Å²) in [6.07, 6.45) is 2.55. The van der Waals surface area contributed by atoms with E-state index in [0.29, 0.717) is 6.61 Å². The molecule has 0 bridgehead atoms. The fraction of sp³-hybridized carbons (Fsp3) is 0.800. The molecular formula is C10H16O4. The lowest BCUT2D eigenvalue weighted by Crippen LogP contribution is -2.34. The molecule has 80 valence electrons. The molecule has 1 rings (SSSR count). The number of hydrogen-bond donors (Lipinski definition) is 1. The van der Waals surface area contributed by atoms with Gasteiger partial charge in [0.25, 0.3) is 0 Å². The van der Waals surface area contributed by atoms with Crippen LogP contribution in [0.1, 0.15) is 32.6 Å². The summed E-state index contributed by atoms with van der Waals surface area (Å²) in [5.41, 5.74) is 0. The third-order valence-corrected chi connectivity index (χ3v) is 2.49. The number of aliphatic carboxylic acids is 1. The Bertz CT molecular complexity index is 218. The first kappa shape index (κ1) is 11.2. The van der Waals surface area contributed by atoms with E-state index in [2.05, 4.69) is 0 Å². The number of hydrogen-bond acceptors (Lipinski definition) is 3. The maximum absolute atomic E-state index is 10.9. The average Bonchev–Trinajstić information content (AvgIpc) is 2.15. The summed E-state index contributed by atoms with van der Waals surface area (Å²) in [5.74, 6) is -1.67. The van der Waals surface area contributed by atoms with E-state index in [1.54, 1.807) is 0 Å². The minimum absolute atomic E-state index is 0.0833. The normalized spacial score (nSPS) is 24.2. The van der Waals surface area contributed by atoms with Gasteiger partial charge in [0.2, 0.25) is 0 Å². The molecule has 1 saturated heterocycles. The SMILES string of the molecule is CC(=O)CC(C(=O)O)C1CCCCO1. The maximum atomic E-state index is 10.9. The number of rotatable bonds is 4. The summed E-state index contributed by atoms with van der Waals surface area (Å²) in [5, 5.41) is 8.94. The van der Waals surface area contributed by atoms with Crippen LogP contribution in [0.4, 0.5) is 0 Å². The Kier molecular flexibility index (Phi) is 4.07. The first-order chi connectivity index (χ1) is 6.61. The molecular weight excluding hydrogens is 184 g/mol. The number of carboxylic acids is 1. The number of ether oxygens (including phenoxy) is 1. The highest BCUT2D eigenvalue weighted by Gasteiger charge is 2.31. The molecule has 1 fully saturated rings. The topological polar surface area (TPSA) is 63.6 Å². The zero-order valence-corrected chi connectivity index (χ0v) is 8.36. The number of carbonyl (C=O) groups excluding carboxylic acids is 1. The van der Waals surface area contributed by atoms with Gasteiger partial charge in [0.05, 0.1) is 12.0 Å². The Morgan fingerprint density at radius 3 is 2.64 bits per heavy atom. The Morgan fingerprint density at radius 1 is 1.50 bits per heavy atom. The smallest absolute Gasteiger partial charge is 0.309 e. The van der Waals surface area contributed by atoms with E-state index in [9.17, 15) is 9.59 Å². The second-order valence-electron chi connectivity index (χ2n) is 3.76. The quantitative estimate of drug-likeness (QED) is 0.741. The van der Waals surface area contributed by atoms with E-state index in [0.717, 1.165) is 19.3 Å². The van der Waals surface area contributed by atoms with Gasteiger partial charge in [-0.05, 0) is 26.2 Å². The van der Waals surface area contributed by atoms with Crippen molar-refractivity contribution in [2.45, 2.75) is 38.7 Å². The third kappa shape index (κ3) is 3.10. The Labute approximate surface area is 83.2 Å². The largest absolute Gasteiger partial charge is 0.481 e. The summed E-state index contributed by atoms with van der Waals surface area (Å²) in [6, 6.07) is 0. The van der Waals surface area contributed by atoms with E-state index in [4.69, 9.17) is 9.84 Å². The van der Waals surface area contributed by atoms with Crippen LogP contribution in [0, 0.1) is 5.92 Å². The van der Waals surface area contributed by atoms with E-state index >= 15 is 0 Å². The molecule has 1 aliphatic heterocycles. The molecule has 1 heterocycles. The second-order valence-corrected chi connectivity index (χ2v) is 3.76. The van der Waals surface area contributed by atoms with Crippen LogP contribution in [0.2, 0.25) is 0 Å². The maximum Gasteiger partial charge on any atom is 0.309 e. The van der Waals surface area contributed by atoms with Crippen molar-refractivity contribution in [3.8, 4) is 0 Å². The van der Waals surface area contributed by atoms with Gasteiger partial charge in [-0.2, -0.15) is 0 Å². The summed E-state index contributed by atoms with van der Waals surface area (Å²) >= 11 is 0. The minimum Gasteiger partial charge on any atom is -0.481 e. The molecule has 14 heavy (non-hydrogen) atoms. The van der Waals surface area contributed by atoms with Crippen LogP contribution in [-0.2, 0) is 14.3 Å². The fourth-order valence-electron chi connectivity index (χ4n) is 1.77. The first-order valence-electron chi connectivity index (χ1n) is 4.95. The van der Waals surface area contributed by atoms with Crippen LogP contribution in [0.25, 0.3) is 0 Å². The van der Waals surface area contributed by atoms with Crippen molar-refractivity contribution in [3.63, 3.8) is 0 Å². The van der Waals surface area contributed by atoms with Crippen molar-refractivity contribution in [2.24, 2.45) is 5.92 Å². The van der Waals surface area contributed by atoms with Crippen molar-refractivity contribution in [3.05, 3.63) is 0 Å². The minimum atomic E-state index is -0.924. The van der Waals surface area contributed by atoms with Gasteiger partial charge in [-0.1, -0.05) is 0 Å². The molecule has 4 heteroatoms. The predicted octanol–water partition coefficient (Wildman–Crippen LogP) is 1.24. The van der Waals surface area contributed by atoms with Crippen molar-refractivity contribution in [1.29, 1.82) is 0 Å². The monoisotopic (exact) mass is 200 g/mol. The molecule has 1 N–H and O–H groups in total. The zero-order valence-electron chi connectivity index (χ0n) is 8.36. The molecule has 0 aromatic heterocycles. The van der Waals surface area contributed by atoms with Gasteiger partial charge in [-0.25, -0.2) is 0 Å². The van der Waals surface area contributed by atoms with Gasteiger partial charge in [-0.3, -0.25) is 4.79 Å². The summed E-state index contributed by atoms with van der Waals surface area (Å²) < 4.78 is 5.37. The molecule has 4 nitrogen and oxygen atoms in total. The van der Waals surface area contributed by atoms with Gasteiger partial charge >= 0.3 is 5.97 Å². The van der Waals surface area contributed by atoms with Gasteiger partial charge < -0.3 is 14.6 Å². The average molecular weight is 200 g/mol. The molecule has 0 spiro atoms. The fourth-order valence-corrected chi connectivity index (χ4v) is 1.77. The molecule has 1 aliphatic rings. The van der Waals surface area contributed by atoms with E-state index in [-0.39, 0.29) is 18.3 Å². The number of Topliss-reactive ketones (excluding diaryl/α,β-unsaturated/α-hetero) is 1. The lowest BCUT2D eigenvalue weighted by molar-refractivity contribution is -0.151. The van der Waals surface area contributed by atoms with E-state index in [1.807, 2.05) is 0 Å². The third-order valence-electron chi connectivity index (χ3n) is 2.49. The van der Waals surface area contributed by atoms with Gasteiger partial charge in [0.15, 0.2) is 0 Å². The Morgan fingerprint density at radius 2 is 2.21 bits per heavy atom. The first-order valence-corrected chi connectivity index (χ1v) is 4.95. The molecule has 2 unspecified atom stereocenters. The summed E-state index contributed by atoms with van der Waals surface area (Å²) in [7, 11) is 0. The van der Waals surface area contributed by atoms with E-state index in [1.165, 1.54) is 6.92 Å². The standard InChI is InChI=1S/C10H16O4/c1-7(11)6-8(10(12)13)9-4-2-3-5-14-9/h8-9H,2-6H2,1H3,(H,12,13). The number of carbonyl (C=O) groups is 2. The number of carboxylic acid groups (broad SMARTS) is 1. The highest BCUT2D eigenvalue weighted by Crippen LogP contribution is 2.23. The van der Waals surface area contributed by atoms with Crippen LogP contribution < -0.4 is 0 Å². The van der Waals surface area contributed by atoms with Crippen LogP contribution in [0.5, 0.6) is 0 Å². The van der Waals surface area contributed by atoms with Crippen molar-refractivity contribution < 1.29 is 19.4 Å². The highest BCUT2D eigenvalue weighted by atomic mass is 16.5. The van der Waals surface area contributed by atoms with Crippen LogP contribution in [0.3, 0.4) is 0 Å². The van der Waals surface area contributed by atoms with Crippen molar-refractivity contribution >= 4 is 11.8 Å². The lowest BCUT2D eigenvalue weighted by Gasteiger charge is -2.27. The molecule has 0 aromatic rings. The lowest BCUT2D eigenvalue weighted by atomic mass is 9.91.